The van der Waals surface area contributed by atoms with Gasteiger partial charge in [0.05, 0.1) is 13.7 Å². The first-order chi connectivity index (χ1) is 13.7. The van der Waals surface area contributed by atoms with Crippen LogP contribution in [-0.4, -0.2) is 40.8 Å². The van der Waals surface area contributed by atoms with Gasteiger partial charge in [-0.2, -0.15) is 0 Å². The van der Waals surface area contributed by atoms with Gasteiger partial charge in [-0.1, -0.05) is 23.9 Å². The zero-order valence-electron chi connectivity index (χ0n) is 15.7. The van der Waals surface area contributed by atoms with Gasteiger partial charge in [-0.05, 0) is 36.4 Å². The monoisotopic (exact) mass is 399 g/mol. The number of thioether (sulfide) groups is 1. The third-order valence-electron chi connectivity index (χ3n) is 4.31. The topological polar surface area (TPSA) is 67.6 Å². The Bertz CT molecular complexity index is 929. The van der Waals surface area contributed by atoms with Crippen LogP contribution in [0, 0.1) is 0 Å². The van der Waals surface area contributed by atoms with Crippen molar-refractivity contribution in [3.63, 3.8) is 0 Å². The minimum atomic E-state index is -0.280. The summed E-state index contributed by atoms with van der Waals surface area (Å²) in [7, 11) is 3.58. The highest BCUT2D eigenvalue weighted by Crippen LogP contribution is 2.35. The van der Waals surface area contributed by atoms with Crippen LogP contribution in [0.2, 0.25) is 0 Å². The molecule has 1 aliphatic rings. The van der Waals surface area contributed by atoms with Crippen LogP contribution in [-0.2, 0) is 7.05 Å². The van der Waals surface area contributed by atoms with Crippen molar-refractivity contribution in [2.45, 2.75) is 11.3 Å². The second kappa shape index (κ2) is 8.43. The van der Waals surface area contributed by atoms with E-state index in [0.717, 1.165) is 39.7 Å². The largest absolute Gasteiger partial charge is 0.497 e. The summed E-state index contributed by atoms with van der Waals surface area (Å²) in [4.78, 5) is 0. The Balaban J connectivity index is 1.31. The fourth-order valence-corrected chi connectivity index (χ4v) is 3.58. The van der Waals surface area contributed by atoms with Gasteiger partial charge in [0.25, 0.3) is 0 Å². The second-order valence-electron chi connectivity index (χ2n) is 6.14. The summed E-state index contributed by atoms with van der Waals surface area (Å²) < 4.78 is 24.6. The molecule has 0 saturated carbocycles. The number of methoxy groups -OCH3 is 1. The minimum absolute atomic E-state index is 0.280. The fourth-order valence-electron chi connectivity index (χ4n) is 2.84. The highest BCUT2D eigenvalue weighted by atomic mass is 32.2. The maximum absolute atomic E-state index is 6.02. The summed E-state index contributed by atoms with van der Waals surface area (Å²) >= 11 is 1.59. The lowest BCUT2D eigenvalue weighted by Gasteiger charge is -2.25. The number of hydrogen-bond acceptors (Lipinski definition) is 7. The van der Waals surface area contributed by atoms with E-state index in [4.69, 9.17) is 18.9 Å². The van der Waals surface area contributed by atoms with Crippen molar-refractivity contribution in [3.8, 4) is 23.0 Å². The van der Waals surface area contributed by atoms with Crippen LogP contribution in [0.3, 0.4) is 0 Å². The smallest absolute Gasteiger partial charge is 0.192 e. The maximum Gasteiger partial charge on any atom is 0.192 e. The van der Waals surface area contributed by atoms with Crippen LogP contribution in [0.5, 0.6) is 23.0 Å². The summed E-state index contributed by atoms with van der Waals surface area (Å²) in [5.41, 5.74) is 0. The molecule has 1 aromatic heterocycles. The van der Waals surface area contributed by atoms with Crippen molar-refractivity contribution >= 4 is 11.8 Å². The number of benzene rings is 2. The van der Waals surface area contributed by atoms with Crippen LogP contribution >= 0.6 is 11.8 Å². The molecule has 0 radical (unpaired) electrons. The molecule has 0 N–H and O–H groups in total. The summed E-state index contributed by atoms with van der Waals surface area (Å²) in [5, 5.41) is 9.40. The van der Waals surface area contributed by atoms with Gasteiger partial charge in [0.15, 0.2) is 28.6 Å². The third kappa shape index (κ3) is 4.01. The van der Waals surface area contributed by atoms with Crippen LogP contribution in [0.1, 0.15) is 11.9 Å². The number of rotatable bonds is 7. The number of aromatic nitrogens is 3. The first-order valence-corrected chi connectivity index (χ1v) is 9.90. The first-order valence-electron chi connectivity index (χ1n) is 8.92. The van der Waals surface area contributed by atoms with E-state index in [1.807, 2.05) is 60.1 Å². The SMILES string of the molecule is COc1ccc(OCCSc2nnc(C3COc4ccccc4O3)n2C)cc1. The Morgan fingerprint density at radius 3 is 2.61 bits per heavy atom. The minimum Gasteiger partial charge on any atom is -0.497 e. The lowest BCUT2D eigenvalue weighted by Crippen LogP contribution is -2.24. The molecule has 1 atom stereocenters. The number of hydrogen-bond donors (Lipinski definition) is 0. The summed E-state index contributed by atoms with van der Waals surface area (Å²) in [6.45, 7) is 0.976. The Morgan fingerprint density at radius 2 is 1.82 bits per heavy atom. The molecule has 0 fully saturated rings. The van der Waals surface area contributed by atoms with E-state index in [1.165, 1.54) is 0 Å². The van der Waals surface area contributed by atoms with Gasteiger partial charge in [-0.3, -0.25) is 0 Å². The van der Waals surface area contributed by atoms with Crippen molar-refractivity contribution < 1.29 is 18.9 Å². The molecule has 0 bridgehead atoms. The van der Waals surface area contributed by atoms with Gasteiger partial charge in [-0.15, -0.1) is 10.2 Å². The number of ether oxygens (including phenoxy) is 4. The number of fused-ring (bicyclic) bond motifs is 1. The molecule has 8 heteroatoms. The number of para-hydroxylation sites is 2. The Labute approximate surface area is 167 Å². The standard InChI is InChI=1S/C20H21N3O4S/c1-23-19(18-13-26-16-5-3-4-6-17(16)27-18)21-22-20(23)28-12-11-25-15-9-7-14(24-2)8-10-15/h3-10,18H,11-13H2,1-2H3. The molecule has 2 aromatic carbocycles. The molecule has 28 heavy (non-hydrogen) atoms. The van der Waals surface area contributed by atoms with Crippen LogP contribution in [0.15, 0.2) is 53.7 Å². The van der Waals surface area contributed by atoms with Crippen molar-refractivity contribution in [2.24, 2.45) is 7.05 Å². The first kappa shape index (κ1) is 18.5. The van der Waals surface area contributed by atoms with Gasteiger partial charge in [0.1, 0.15) is 18.1 Å². The molecule has 0 spiro atoms. The van der Waals surface area contributed by atoms with Crippen LogP contribution in [0.4, 0.5) is 0 Å². The van der Waals surface area contributed by atoms with Crippen LogP contribution in [0.25, 0.3) is 0 Å². The zero-order chi connectivity index (χ0) is 19.3. The molecule has 4 rings (SSSR count). The third-order valence-corrected chi connectivity index (χ3v) is 5.29. The van der Waals surface area contributed by atoms with Gasteiger partial charge in [0.2, 0.25) is 0 Å². The van der Waals surface area contributed by atoms with Crippen molar-refractivity contribution in [2.75, 3.05) is 26.1 Å². The van der Waals surface area contributed by atoms with E-state index >= 15 is 0 Å². The molecule has 0 saturated heterocycles. The van der Waals surface area contributed by atoms with E-state index in [-0.39, 0.29) is 6.10 Å². The van der Waals surface area contributed by atoms with E-state index < -0.39 is 0 Å². The Hall–Kier alpha value is -2.87. The van der Waals surface area contributed by atoms with E-state index in [0.29, 0.717) is 13.2 Å². The summed E-state index contributed by atoms with van der Waals surface area (Å²) in [6, 6.07) is 15.2. The summed E-state index contributed by atoms with van der Waals surface area (Å²) in [5.74, 6) is 4.60. The van der Waals surface area contributed by atoms with Gasteiger partial charge < -0.3 is 23.5 Å². The second-order valence-corrected chi connectivity index (χ2v) is 7.20. The molecule has 1 unspecified atom stereocenters. The Kier molecular flexibility index (Phi) is 5.57. The van der Waals surface area contributed by atoms with Crippen LogP contribution < -0.4 is 18.9 Å². The van der Waals surface area contributed by atoms with Gasteiger partial charge in [0, 0.05) is 12.8 Å². The molecule has 0 amide bonds. The van der Waals surface area contributed by atoms with E-state index in [9.17, 15) is 0 Å². The molecule has 1 aliphatic heterocycles. The van der Waals surface area contributed by atoms with Gasteiger partial charge >= 0.3 is 0 Å². The molecule has 0 aliphatic carbocycles. The quantitative estimate of drug-likeness (QED) is 0.445. The lowest BCUT2D eigenvalue weighted by molar-refractivity contribution is 0.0825. The van der Waals surface area contributed by atoms with E-state index in [1.54, 1.807) is 18.9 Å². The predicted octanol–water partition coefficient (Wildman–Crippen LogP) is 3.51. The predicted molar refractivity (Wildman–Crippen MR) is 106 cm³/mol. The molecule has 7 nitrogen and oxygen atoms in total. The van der Waals surface area contributed by atoms with Gasteiger partial charge in [-0.25, -0.2) is 0 Å². The van der Waals surface area contributed by atoms with Crippen molar-refractivity contribution in [1.82, 2.24) is 14.8 Å². The maximum atomic E-state index is 6.02. The fraction of sp³-hybridized carbons (Fsp3) is 0.300. The number of nitrogens with zero attached hydrogens (tertiary/aromatic N) is 3. The average Bonchev–Trinajstić information content (AvgIpc) is 3.11. The Morgan fingerprint density at radius 1 is 1.07 bits per heavy atom. The molecule has 3 aromatic rings. The van der Waals surface area contributed by atoms with Crippen molar-refractivity contribution in [3.05, 3.63) is 54.4 Å². The van der Waals surface area contributed by atoms with Crippen molar-refractivity contribution in [1.29, 1.82) is 0 Å². The van der Waals surface area contributed by atoms with E-state index in [2.05, 4.69) is 10.2 Å². The molecule has 2 heterocycles. The zero-order valence-corrected chi connectivity index (χ0v) is 16.5. The normalized spacial score (nSPS) is 15.3. The molecular weight excluding hydrogens is 378 g/mol. The molecular formula is C20H21N3O4S. The highest BCUT2D eigenvalue weighted by Gasteiger charge is 2.27. The highest BCUT2D eigenvalue weighted by molar-refractivity contribution is 7.99. The molecule has 146 valence electrons. The summed E-state index contributed by atoms with van der Waals surface area (Å²) in [6.07, 6.45) is -0.280. The average molecular weight is 399 g/mol. The lowest BCUT2D eigenvalue weighted by atomic mass is 10.2.